The molecule has 80 valence electrons. The molecule has 0 bridgehead atoms. The van der Waals surface area contributed by atoms with E-state index in [9.17, 15) is 9.90 Å². The van der Waals surface area contributed by atoms with Crippen molar-refractivity contribution in [3.05, 3.63) is 29.8 Å². The number of benzene rings is 1. The van der Waals surface area contributed by atoms with Crippen LogP contribution in [-0.4, -0.2) is 35.3 Å². The summed E-state index contributed by atoms with van der Waals surface area (Å²) in [5, 5.41) is 9.46. The quantitative estimate of drug-likeness (QED) is 0.847. The summed E-state index contributed by atoms with van der Waals surface area (Å²) in [6.07, 6.45) is 0. The first-order valence-electron chi connectivity index (χ1n) is 4.33. The number of rotatable bonds is 2. The van der Waals surface area contributed by atoms with E-state index in [0.717, 1.165) is 11.5 Å². The van der Waals surface area contributed by atoms with Crippen LogP contribution in [0.4, 0.5) is 0 Å². The maximum atomic E-state index is 11.6. The molecule has 0 atom stereocenters. The molecule has 1 heterocycles. The van der Waals surface area contributed by atoms with Gasteiger partial charge in [-0.2, -0.15) is 0 Å². The molecule has 1 aromatic carbocycles. The molecule has 1 fully saturated rings. The molecule has 0 radical (unpaired) electrons. The zero-order chi connectivity index (χ0) is 10.7. The molecule has 1 aliphatic heterocycles. The molecule has 0 aromatic heterocycles. The van der Waals surface area contributed by atoms with E-state index in [-0.39, 0.29) is 11.3 Å². The maximum absolute atomic E-state index is 11.6. The molecule has 0 amide bonds. The summed E-state index contributed by atoms with van der Waals surface area (Å²) in [7, 11) is 3.51. The zero-order valence-electron chi connectivity index (χ0n) is 7.75. The van der Waals surface area contributed by atoms with Crippen molar-refractivity contribution in [1.82, 2.24) is 0 Å². The summed E-state index contributed by atoms with van der Waals surface area (Å²) in [6.45, 7) is 0. The Kier molecular flexibility index (Phi) is 3.89. The third kappa shape index (κ3) is 2.86. The molecule has 15 heavy (non-hydrogen) atoms. The van der Waals surface area contributed by atoms with E-state index < -0.39 is 18.6 Å². The van der Waals surface area contributed by atoms with Crippen molar-refractivity contribution in [3.63, 3.8) is 0 Å². The minimum atomic E-state index is -1.52. The second kappa shape index (κ2) is 5.19. The van der Waals surface area contributed by atoms with E-state index in [4.69, 9.17) is 3.73 Å². The number of para-hydroxylation sites is 1. The fourth-order valence-electron chi connectivity index (χ4n) is 1.08. The van der Waals surface area contributed by atoms with Gasteiger partial charge >= 0.3 is 99.4 Å². The van der Waals surface area contributed by atoms with Crippen molar-refractivity contribution in [2.24, 2.45) is 0 Å². The Hall–Kier alpha value is -0.252. The van der Waals surface area contributed by atoms with Crippen molar-refractivity contribution in [2.45, 2.75) is 0 Å². The van der Waals surface area contributed by atoms with Crippen LogP contribution >= 0.6 is 20.0 Å². The normalized spacial score (nSPS) is 16.5. The van der Waals surface area contributed by atoms with Gasteiger partial charge in [0.2, 0.25) is 0 Å². The summed E-state index contributed by atoms with van der Waals surface area (Å²) < 4.78 is 5.35. The van der Waals surface area contributed by atoms with Crippen LogP contribution in [-0.2, 0) is 3.73 Å². The molecule has 0 unspecified atom stereocenters. The van der Waals surface area contributed by atoms with Gasteiger partial charge in [0.15, 0.2) is 0 Å². The van der Waals surface area contributed by atoms with E-state index >= 15 is 0 Å². The Morgan fingerprint density at radius 2 is 2.00 bits per heavy atom. The number of hydrogen-bond acceptors (Lipinski definition) is 5. The van der Waals surface area contributed by atoms with E-state index in [1.165, 1.54) is 6.07 Å². The minimum absolute atomic E-state index is 0.00861. The second-order valence-corrected chi connectivity index (χ2v) is 13.3. The van der Waals surface area contributed by atoms with E-state index in [2.05, 4.69) is 0 Å². The molecule has 2 rings (SSSR count). The number of phenols is 1. The first kappa shape index (κ1) is 11.2. The Morgan fingerprint density at radius 3 is 2.67 bits per heavy atom. The monoisotopic (exact) mass is 304 g/mol. The summed E-state index contributed by atoms with van der Waals surface area (Å²) >= 11 is -1.52. The number of carbonyl (C=O) groups is 1. The standard InChI is InChI=1S/C9H9AsO3S2/c11-8-4-2-1-3-7(8)9(12)13-10-14-5-6-15-10/h1-4,11H,5-6H2. The number of phenolic OH excluding ortho intramolecular Hbond substituents is 1. The van der Waals surface area contributed by atoms with Gasteiger partial charge in [0.25, 0.3) is 0 Å². The molecule has 1 N–H and O–H groups in total. The first-order valence-corrected chi connectivity index (χ1v) is 11.6. The number of aromatic hydroxyl groups is 1. The molecule has 1 aromatic rings. The zero-order valence-corrected chi connectivity index (χ0v) is 11.3. The molecule has 3 nitrogen and oxygen atoms in total. The van der Waals surface area contributed by atoms with Crippen LogP contribution < -0.4 is 0 Å². The summed E-state index contributed by atoms with van der Waals surface area (Å²) in [5.74, 6) is 1.73. The van der Waals surface area contributed by atoms with Crippen molar-refractivity contribution in [2.75, 3.05) is 11.5 Å². The molecule has 0 saturated carbocycles. The fourth-order valence-corrected chi connectivity index (χ4v) is 12.7. The molecule has 0 aliphatic carbocycles. The summed E-state index contributed by atoms with van der Waals surface area (Å²) in [5.41, 5.74) is 0.264. The van der Waals surface area contributed by atoms with Crippen LogP contribution in [0.25, 0.3) is 0 Å². The topological polar surface area (TPSA) is 46.5 Å². The SMILES string of the molecule is O=C(O[As]1SCCS1)c1ccccc1O. The average molecular weight is 304 g/mol. The van der Waals surface area contributed by atoms with Gasteiger partial charge in [0.1, 0.15) is 0 Å². The van der Waals surface area contributed by atoms with E-state index in [1.807, 2.05) is 0 Å². The van der Waals surface area contributed by atoms with Gasteiger partial charge in [0.05, 0.1) is 0 Å². The predicted molar refractivity (Wildman–Crippen MR) is 64.2 cm³/mol. The summed E-state index contributed by atoms with van der Waals surface area (Å²) in [6, 6.07) is 6.47. The van der Waals surface area contributed by atoms with Gasteiger partial charge in [-0.15, -0.1) is 0 Å². The molecule has 1 aliphatic rings. The molecule has 1 saturated heterocycles. The van der Waals surface area contributed by atoms with Crippen molar-refractivity contribution in [1.29, 1.82) is 0 Å². The Balaban J connectivity index is 2.04. The third-order valence-electron chi connectivity index (χ3n) is 1.76. The molecular weight excluding hydrogens is 295 g/mol. The number of hydrogen-bond donors (Lipinski definition) is 1. The molecule has 6 heteroatoms. The van der Waals surface area contributed by atoms with Gasteiger partial charge in [-0.25, -0.2) is 0 Å². The van der Waals surface area contributed by atoms with Gasteiger partial charge < -0.3 is 0 Å². The van der Waals surface area contributed by atoms with Crippen LogP contribution in [0.15, 0.2) is 24.3 Å². The van der Waals surface area contributed by atoms with Crippen molar-refractivity contribution in [3.8, 4) is 5.75 Å². The van der Waals surface area contributed by atoms with E-state index in [0.29, 0.717) is 0 Å². The third-order valence-corrected chi connectivity index (χ3v) is 12.9. The van der Waals surface area contributed by atoms with Crippen molar-refractivity contribution >= 4 is 38.7 Å². The van der Waals surface area contributed by atoms with Crippen LogP contribution in [0.5, 0.6) is 5.75 Å². The second-order valence-electron chi connectivity index (χ2n) is 2.79. The first-order chi connectivity index (χ1) is 7.27. The van der Waals surface area contributed by atoms with Gasteiger partial charge in [0, 0.05) is 0 Å². The average Bonchev–Trinajstić information content (AvgIpc) is 2.71. The molecule has 0 spiro atoms. The van der Waals surface area contributed by atoms with Gasteiger partial charge in [-0.3, -0.25) is 0 Å². The van der Waals surface area contributed by atoms with Gasteiger partial charge in [-0.05, 0) is 0 Å². The number of carbonyl (C=O) groups excluding carboxylic acids is 1. The Morgan fingerprint density at radius 1 is 1.33 bits per heavy atom. The van der Waals surface area contributed by atoms with Gasteiger partial charge in [-0.1, -0.05) is 0 Å². The van der Waals surface area contributed by atoms with Crippen molar-refractivity contribution < 1.29 is 13.6 Å². The predicted octanol–water partition coefficient (Wildman–Crippen LogP) is 2.01. The Bertz CT molecular complexity index is 366. The Labute approximate surface area is 99.2 Å². The van der Waals surface area contributed by atoms with Crippen LogP contribution in [0.3, 0.4) is 0 Å². The fraction of sp³-hybridized carbons (Fsp3) is 0.222. The van der Waals surface area contributed by atoms with E-state index in [1.54, 1.807) is 38.2 Å². The van der Waals surface area contributed by atoms with Crippen LogP contribution in [0, 0.1) is 0 Å². The van der Waals surface area contributed by atoms with Crippen LogP contribution in [0.1, 0.15) is 10.4 Å². The summed E-state index contributed by atoms with van der Waals surface area (Å²) in [4.78, 5) is 11.6. The van der Waals surface area contributed by atoms with Crippen LogP contribution in [0.2, 0.25) is 0 Å². The molecular formula is C9H9AsO3S2.